The van der Waals surface area contributed by atoms with Gasteiger partial charge in [0.1, 0.15) is 11.3 Å². The molecule has 3 aromatic rings. The van der Waals surface area contributed by atoms with Crippen LogP contribution in [0.2, 0.25) is 0 Å². The average Bonchev–Trinajstić information content (AvgIpc) is 3.43. The summed E-state index contributed by atoms with van der Waals surface area (Å²) in [5, 5.41) is 10.8. The molecule has 0 radical (unpaired) electrons. The van der Waals surface area contributed by atoms with Gasteiger partial charge in [-0.3, -0.25) is 9.89 Å². The lowest BCUT2D eigenvalue weighted by atomic mass is 9.83. The number of halogens is 2. The Kier molecular flexibility index (Phi) is 4.62. The second-order valence-electron chi connectivity index (χ2n) is 7.68. The Labute approximate surface area is 171 Å². The number of para-hydroxylation sites is 1. The van der Waals surface area contributed by atoms with Crippen LogP contribution in [0.5, 0.6) is 0 Å². The van der Waals surface area contributed by atoms with Crippen molar-refractivity contribution < 1.29 is 18.3 Å². The van der Waals surface area contributed by atoms with Gasteiger partial charge in [0.15, 0.2) is 5.69 Å². The second kappa shape index (κ2) is 7.32. The summed E-state index contributed by atoms with van der Waals surface area (Å²) >= 11 is 0. The third-order valence-electron chi connectivity index (χ3n) is 5.90. The molecule has 4 heterocycles. The number of benzene rings is 1. The topological polar surface area (TPSA) is 76.0 Å². The number of rotatable bonds is 3. The quantitative estimate of drug-likeness (QED) is 0.715. The van der Waals surface area contributed by atoms with E-state index in [2.05, 4.69) is 16.4 Å². The monoisotopic (exact) mass is 413 g/mol. The minimum atomic E-state index is -2.68. The average molecular weight is 413 g/mol. The maximum atomic E-state index is 12.8. The van der Waals surface area contributed by atoms with Gasteiger partial charge in [-0.05, 0) is 43.0 Å². The first-order chi connectivity index (χ1) is 14.6. The zero-order chi connectivity index (χ0) is 20.7. The number of fused-ring (bicyclic) bond motifs is 2. The van der Waals surface area contributed by atoms with E-state index in [-0.39, 0.29) is 17.3 Å². The van der Waals surface area contributed by atoms with E-state index >= 15 is 0 Å². The number of piperidine rings is 1. The number of ether oxygens (including phenoxy) is 1. The van der Waals surface area contributed by atoms with Gasteiger partial charge in [-0.25, -0.2) is 13.5 Å². The number of carbonyl (C=O) groups excluding carboxylic acids is 1. The number of H-pyrrole nitrogens is 1. The van der Waals surface area contributed by atoms with E-state index in [4.69, 9.17) is 9.84 Å². The molecule has 156 valence electrons. The Morgan fingerprint density at radius 2 is 1.97 bits per heavy atom. The molecule has 0 unspecified atom stereocenters. The Morgan fingerprint density at radius 3 is 2.67 bits per heavy atom. The smallest absolute Gasteiger partial charge is 0.279 e. The molecule has 0 saturated carbocycles. The van der Waals surface area contributed by atoms with Crippen LogP contribution < -0.4 is 0 Å². The maximum Gasteiger partial charge on any atom is 0.279 e. The van der Waals surface area contributed by atoms with Crippen LogP contribution in [0.15, 0.2) is 42.6 Å². The van der Waals surface area contributed by atoms with Crippen molar-refractivity contribution in [2.45, 2.75) is 31.3 Å². The maximum absolute atomic E-state index is 12.8. The molecule has 1 fully saturated rings. The van der Waals surface area contributed by atoms with Gasteiger partial charge in [0.05, 0.1) is 18.0 Å². The molecule has 1 spiro atoms. The number of likely N-dealkylation sites (tertiary alicyclic amines) is 1. The summed E-state index contributed by atoms with van der Waals surface area (Å²) in [4.78, 5) is 14.3. The minimum absolute atomic E-state index is 0.0138. The summed E-state index contributed by atoms with van der Waals surface area (Å²) in [5.41, 5.74) is 2.23. The van der Waals surface area contributed by atoms with Gasteiger partial charge < -0.3 is 9.64 Å². The predicted molar refractivity (Wildman–Crippen MR) is 104 cm³/mol. The number of aromatic amines is 1. The molecule has 2 aliphatic rings. The SMILES string of the molecule is O=C(c1cc(C(F)F)[nH]n1)N1CCC2(CC1)OCCc1cn(-c3ccccc3)nc12. The zero-order valence-electron chi connectivity index (χ0n) is 16.2. The second-order valence-corrected chi connectivity index (χ2v) is 7.68. The van der Waals surface area contributed by atoms with Crippen LogP contribution in [-0.4, -0.2) is 50.5 Å². The molecule has 2 aromatic heterocycles. The molecule has 7 nitrogen and oxygen atoms in total. The number of carbonyl (C=O) groups is 1. The van der Waals surface area contributed by atoms with Gasteiger partial charge in [0.25, 0.3) is 12.3 Å². The standard InChI is InChI=1S/C21H21F2N5O2/c22-19(23)16-12-17(25-24-16)20(29)27-9-7-21(8-10-27)18-14(6-11-30-21)13-28(26-18)15-4-2-1-3-5-15/h1-5,12-13,19H,6-11H2,(H,24,25). The van der Waals surface area contributed by atoms with E-state index < -0.39 is 12.0 Å². The molecule has 0 bridgehead atoms. The first-order valence-electron chi connectivity index (χ1n) is 9.97. The summed E-state index contributed by atoms with van der Waals surface area (Å²) in [6.07, 6.45) is 1.38. The third-order valence-corrected chi connectivity index (χ3v) is 5.90. The highest BCUT2D eigenvalue weighted by Crippen LogP contribution is 2.41. The van der Waals surface area contributed by atoms with Gasteiger partial charge in [-0.15, -0.1) is 0 Å². The number of hydrogen-bond acceptors (Lipinski definition) is 4. The highest BCUT2D eigenvalue weighted by atomic mass is 19.3. The first kappa shape index (κ1) is 18.9. The fourth-order valence-corrected chi connectivity index (χ4v) is 4.29. The van der Waals surface area contributed by atoms with Gasteiger partial charge in [0, 0.05) is 19.3 Å². The van der Waals surface area contributed by atoms with Crippen molar-refractivity contribution in [1.29, 1.82) is 0 Å². The van der Waals surface area contributed by atoms with Crippen molar-refractivity contribution in [2.75, 3.05) is 19.7 Å². The van der Waals surface area contributed by atoms with Crippen LogP contribution in [0, 0.1) is 0 Å². The summed E-state index contributed by atoms with van der Waals surface area (Å²) in [6.45, 7) is 1.51. The van der Waals surface area contributed by atoms with Crippen molar-refractivity contribution in [1.82, 2.24) is 24.9 Å². The first-order valence-corrected chi connectivity index (χ1v) is 9.97. The van der Waals surface area contributed by atoms with E-state index in [1.807, 2.05) is 35.0 Å². The van der Waals surface area contributed by atoms with Crippen molar-refractivity contribution in [3.8, 4) is 5.69 Å². The molecule has 1 aromatic carbocycles. The summed E-state index contributed by atoms with van der Waals surface area (Å²) in [6, 6.07) is 11.0. The minimum Gasteiger partial charge on any atom is -0.368 e. The lowest BCUT2D eigenvalue weighted by Crippen LogP contribution is -2.48. The highest BCUT2D eigenvalue weighted by Gasteiger charge is 2.44. The van der Waals surface area contributed by atoms with Crippen molar-refractivity contribution in [3.05, 3.63) is 65.2 Å². The molecule has 0 aliphatic carbocycles. The van der Waals surface area contributed by atoms with Crippen LogP contribution in [0.25, 0.3) is 5.69 Å². The Morgan fingerprint density at radius 1 is 1.20 bits per heavy atom. The van der Waals surface area contributed by atoms with E-state index in [1.54, 1.807) is 4.90 Å². The van der Waals surface area contributed by atoms with Crippen LogP contribution in [0.3, 0.4) is 0 Å². The van der Waals surface area contributed by atoms with Crippen molar-refractivity contribution >= 4 is 5.91 Å². The van der Waals surface area contributed by atoms with E-state index in [0.29, 0.717) is 32.5 Å². The molecular weight excluding hydrogens is 392 g/mol. The fourth-order valence-electron chi connectivity index (χ4n) is 4.29. The fraction of sp³-hybridized carbons (Fsp3) is 0.381. The van der Waals surface area contributed by atoms with Crippen LogP contribution in [0.4, 0.5) is 8.78 Å². The van der Waals surface area contributed by atoms with E-state index in [9.17, 15) is 13.6 Å². The Balaban J connectivity index is 1.35. The summed E-state index contributed by atoms with van der Waals surface area (Å²) in [7, 11) is 0. The molecular formula is C21H21F2N5O2. The number of alkyl halides is 2. The van der Waals surface area contributed by atoms with Gasteiger partial charge >= 0.3 is 0 Å². The number of aromatic nitrogens is 4. The normalized spacial score (nSPS) is 18.0. The molecule has 1 N–H and O–H groups in total. The number of nitrogens with one attached hydrogen (secondary N) is 1. The number of amides is 1. The molecule has 1 saturated heterocycles. The van der Waals surface area contributed by atoms with Crippen molar-refractivity contribution in [2.24, 2.45) is 0 Å². The van der Waals surface area contributed by atoms with Crippen LogP contribution >= 0.6 is 0 Å². The molecule has 9 heteroatoms. The number of hydrogen-bond donors (Lipinski definition) is 1. The number of nitrogens with zero attached hydrogens (tertiary/aromatic N) is 4. The summed E-state index contributed by atoms with van der Waals surface area (Å²) < 4.78 is 33.6. The van der Waals surface area contributed by atoms with Gasteiger partial charge in [0.2, 0.25) is 0 Å². The molecule has 2 aliphatic heterocycles. The largest absolute Gasteiger partial charge is 0.368 e. The third kappa shape index (κ3) is 3.19. The molecule has 0 atom stereocenters. The van der Waals surface area contributed by atoms with E-state index in [1.165, 1.54) is 5.56 Å². The predicted octanol–water partition coefficient (Wildman–Crippen LogP) is 3.24. The van der Waals surface area contributed by atoms with Crippen LogP contribution in [0.1, 0.15) is 46.7 Å². The van der Waals surface area contributed by atoms with Crippen molar-refractivity contribution in [3.63, 3.8) is 0 Å². The van der Waals surface area contributed by atoms with Gasteiger partial charge in [-0.2, -0.15) is 10.2 Å². The lowest BCUT2D eigenvalue weighted by molar-refractivity contribution is -0.0963. The Bertz CT molecular complexity index is 1050. The highest BCUT2D eigenvalue weighted by molar-refractivity contribution is 5.92. The Hall–Kier alpha value is -3.07. The zero-order valence-corrected chi connectivity index (χ0v) is 16.2. The van der Waals surface area contributed by atoms with Gasteiger partial charge in [-0.1, -0.05) is 18.2 Å². The van der Waals surface area contributed by atoms with E-state index in [0.717, 1.165) is 23.9 Å². The molecule has 30 heavy (non-hydrogen) atoms. The summed E-state index contributed by atoms with van der Waals surface area (Å²) in [5.74, 6) is -0.348. The van der Waals surface area contributed by atoms with Crippen LogP contribution in [-0.2, 0) is 16.8 Å². The molecule has 5 rings (SSSR count). The molecule has 1 amide bonds. The lowest BCUT2D eigenvalue weighted by Gasteiger charge is -2.42.